The summed E-state index contributed by atoms with van der Waals surface area (Å²) in [6, 6.07) is 15.6. The third kappa shape index (κ3) is 3.37. The molecule has 1 saturated heterocycles. The highest BCUT2D eigenvalue weighted by molar-refractivity contribution is 6.17. The van der Waals surface area contributed by atoms with Gasteiger partial charge in [0.2, 0.25) is 0 Å². The maximum absolute atomic E-state index is 13.3. The summed E-state index contributed by atoms with van der Waals surface area (Å²) < 4.78 is 7.55. The van der Waals surface area contributed by atoms with Crippen LogP contribution in [0.2, 0.25) is 0 Å². The molecule has 1 aliphatic heterocycles. The van der Waals surface area contributed by atoms with E-state index in [0.717, 1.165) is 47.5 Å². The van der Waals surface area contributed by atoms with Crippen LogP contribution >= 0.6 is 0 Å². The van der Waals surface area contributed by atoms with Crippen molar-refractivity contribution in [1.29, 1.82) is 0 Å². The average molecular weight is 362 g/mol. The van der Waals surface area contributed by atoms with E-state index in [1.807, 2.05) is 30.3 Å². The van der Waals surface area contributed by atoms with Crippen LogP contribution in [0, 0.1) is 12.8 Å². The maximum Gasteiger partial charge on any atom is 0.195 e. The molecule has 1 atom stereocenters. The number of carbonyl (C=O) groups excluding carboxylic acids is 1. The van der Waals surface area contributed by atoms with Crippen molar-refractivity contribution < 1.29 is 9.53 Å². The number of carbonyl (C=O) groups is 1. The Morgan fingerprint density at radius 1 is 1.19 bits per heavy atom. The topological polar surface area (TPSA) is 43.3 Å². The van der Waals surface area contributed by atoms with Crippen molar-refractivity contribution in [1.82, 2.24) is 9.88 Å². The number of nitrogens with one attached hydrogen (secondary N) is 1. The minimum absolute atomic E-state index is 0.0758. The van der Waals surface area contributed by atoms with Crippen LogP contribution in [0.1, 0.15) is 34.5 Å². The quantitative estimate of drug-likeness (QED) is 0.692. The van der Waals surface area contributed by atoms with Crippen LogP contribution in [0.15, 0.2) is 48.5 Å². The number of nitrogens with zero attached hydrogens (tertiary/aromatic N) is 1. The van der Waals surface area contributed by atoms with Gasteiger partial charge in [-0.05, 0) is 69.1 Å². The molecular weight excluding hydrogens is 336 g/mol. The van der Waals surface area contributed by atoms with Gasteiger partial charge in [0, 0.05) is 28.7 Å². The van der Waals surface area contributed by atoms with Gasteiger partial charge in [0.25, 0.3) is 0 Å². The first-order chi connectivity index (χ1) is 13.2. The highest BCUT2D eigenvalue weighted by Crippen LogP contribution is 2.30. The summed E-state index contributed by atoms with van der Waals surface area (Å²) in [5, 5.41) is 4.54. The van der Waals surface area contributed by atoms with E-state index < -0.39 is 0 Å². The summed E-state index contributed by atoms with van der Waals surface area (Å²) >= 11 is 0. The molecule has 0 radical (unpaired) electrons. The molecule has 4 rings (SSSR count). The van der Waals surface area contributed by atoms with E-state index in [-0.39, 0.29) is 5.78 Å². The van der Waals surface area contributed by atoms with Crippen molar-refractivity contribution in [3.05, 3.63) is 65.4 Å². The number of ketones is 1. The van der Waals surface area contributed by atoms with Gasteiger partial charge in [-0.3, -0.25) is 4.79 Å². The molecule has 27 heavy (non-hydrogen) atoms. The smallest absolute Gasteiger partial charge is 0.195 e. The van der Waals surface area contributed by atoms with E-state index in [4.69, 9.17) is 4.74 Å². The van der Waals surface area contributed by atoms with Crippen LogP contribution in [-0.2, 0) is 6.54 Å². The van der Waals surface area contributed by atoms with Gasteiger partial charge < -0.3 is 14.6 Å². The third-order valence-corrected chi connectivity index (χ3v) is 5.65. The summed E-state index contributed by atoms with van der Waals surface area (Å²) in [5.41, 5.74) is 3.72. The number of ether oxygens (including phenoxy) is 1. The Hall–Kier alpha value is -2.59. The number of fused-ring (bicyclic) bond motifs is 1. The standard InChI is InChI=1S/C23H26N2O2/c1-16-22(23(26)18-9-11-19(27-2)12-10-18)20-7-3-4-8-21(20)25(16)15-17-6-5-13-24-14-17/h3-4,7-12,17,24H,5-6,13-15H2,1-2H3. The van der Waals surface area contributed by atoms with Crippen LogP contribution in [0.5, 0.6) is 5.75 Å². The minimum atomic E-state index is 0.0758. The van der Waals surface area contributed by atoms with E-state index in [0.29, 0.717) is 11.5 Å². The molecule has 1 aromatic heterocycles. The molecule has 2 aromatic carbocycles. The Bertz CT molecular complexity index is 950. The fourth-order valence-electron chi connectivity index (χ4n) is 4.18. The van der Waals surface area contributed by atoms with Crippen LogP contribution in [0.3, 0.4) is 0 Å². The van der Waals surface area contributed by atoms with Crippen molar-refractivity contribution >= 4 is 16.7 Å². The van der Waals surface area contributed by atoms with Gasteiger partial charge in [-0.15, -0.1) is 0 Å². The van der Waals surface area contributed by atoms with E-state index >= 15 is 0 Å². The number of benzene rings is 2. The third-order valence-electron chi connectivity index (χ3n) is 5.65. The largest absolute Gasteiger partial charge is 0.497 e. The van der Waals surface area contributed by atoms with Gasteiger partial charge in [-0.1, -0.05) is 18.2 Å². The molecule has 4 nitrogen and oxygen atoms in total. The maximum atomic E-state index is 13.3. The Kier molecular flexibility index (Phi) is 4.99. The molecule has 0 bridgehead atoms. The normalized spacial score (nSPS) is 17.2. The van der Waals surface area contributed by atoms with Crippen LogP contribution in [0.4, 0.5) is 0 Å². The molecule has 0 spiro atoms. The van der Waals surface area contributed by atoms with Crippen LogP contribution in [-0.4, -0.2) is 30.5 Å². The molecule has 0 saturated carbocycles. The molecular formula is C23H26N2O2. The number of aromatic nitrogens is 1. The highest BCUT2D eigenvalue weighted by atomic mass is 16.5. The molecule has 1 fully saturated rings. The summed E-state index contributed by atoms with van der Waals surface area (Å²) in [5.74, 6) is 1.44. The summed E-state index contributed by atoms with van der Waals surface area (Å²) in [6.45, 7) is 5.19. The number of piperidine rings is 1. The second-order valence-electron chi connectivity index (χ2n) is 7.36. The Morgan fingerprint density at radius 3 is 2.67 bits per heavy atom. The number of rotatable bonds is 5. The van der Waals surface area contributed by atoms with E-state index in [2.05, 4.69) is 35.0 Å². The van der Waals surface area contributed by atoms with Crippen molar-refractivity contribution in [2.75, 3.05) is 20.2 Å². The molecule has 1 N–H and O–H groups in total. The predicted octanol–water partition coefficient (Wildman–Crippen LogP) is 4.19. The van der Waals surface area contributed by atoms with Gasteiger partial charge in [0.15, 0.2) is 5.78 Å². The lowest BCUT2D eigenvalue weighted by molar-refractivity contribution is 0.103. The Balaban J connectivity index is 1.75. The Morgan fingerprint density at radius 2 is 1.96 bits per heavy atom. The fraction of sp³-hybridized carbons (Fsp3) is 0.348. The second-order valence-corrected chi connectivity index (χ2v) is 7.36. The lowest BCUT2D eigenvalue weighted by Crippen LogP contribution is -2.32. The zero-order valence-corrected chi connectivity index (χ0v) is 16.0. The zero-order chi connectivity index (χ0) is 18.8. The number of methoxy groups -OCH3 is 1. The van der Waals surface area contributed by atoms with Crippen molar-refractivity contribution in [2.24, 2.45) is 5.92 Å². The average Bonchev–Trinajstić information content (AvgIpc) is 3.00. The first kappa shape index (κ1) is 17.8. The van der Waals surface area contributed by atoms with Crippen molar-refractivity contribution in [2.45, 2.75) is 26.3 Å². The highest BCUT2D eigenvalue weighted by Gasteiger charge is 2.23. The van der Waals surface area contributed by atoms with Crippen LogP contribution in [0.25, 0.3) is 10.9 Å². The molecule has 0 amide bonds. The molecule has 140 valence electrons. The van der Waals surface area contributed by atoms with E-state index in [9.17, 15) is 4.79 Å². The zero-order valence-electron chi connectivity index (χ0n) is 16.0. The first-order valence-electron chi connectivity index (χ1n) is 9.66. The van der Waals surface area contributed by atoms with Gasteiger partial charge in [0.1, 0.15) is 5.75 Å². The monoisotopic (exact) mass is 362 g/mol. The molecule has 1 aliphatic rings. The number of hydrogen-bond donors (Lipinski definition) is 1. The predicted molar refractivity (Wildman–Crippen MR) is 109 cm³/mol. The van der Waals surface area contributed by atoms with Crippen LogP contribution < -0.4 is 10.1 Å². The second kappa shape index (κ2) is 7.57. The number of hydrogen-bond acceptors (Lipinski definition) is 3. The lowest BCUT2D eigenvalue weighted by Gasteiger charge is -2.24. The Labute approximate surface area is 160 Å². The molecule has 2 heterocycles. The molecule has 0 aliphatic carbocycles. The SMILES string of the molecule is COc1ccc(C(=O)c2c(C)n(CC3CCCNC3)c3ccccc23)cc1. The van der Waals surface area contributed by atoms with Crippen molar-refractivity contribution in [3.8, 4) is 5.75 Å². The minimum Gasteiger partial charge on any atom is -0.497 e. The van der Waals surface area contributed by atoms with E-state index in [1.165, 1.54) is 12.8 Å². The lowest BCUT2D eigenvalue weighted by atomic mass is 9.99. The van der Waals surface area contributed by atoms with Crippen molar-refractivity contribution in [3.63, 3.8) is 0 Å². The summed E-state index contributed by atoms with van der Waals surface area (Å²) in [4.78, 5) is 13.3. The fourth-order valence-corrected chi connectivity index (χ4v) is 4.18. The molecule has 4 heteroatoms. The van der Waals surface area contributed by atoms with Gasteiger partial charge in [-0.25, -0.2) is 0 Å². The van der Waals surface area contributed by atoms with Gasteiger partial charge >= 0.3 is 0 Å². The summed E-state index contributed by atoms with van der Waals surface area (Å²) in [6.07, 6.45) is 2.46. The van der Waals surface area contributed by atoms with Gasteiger partial charge in [-0.2, -0.15) is 0 Å². The summed E-state index contributed by atoms with van der Waals surface area (Å²) in [7, 11) is 1.63. The first-order valence-corrected chi connectivity index (χ1v) is 9.66. The van der Waals surface area contributed by atoms with Gasteiger partial charge in [0.05, 0.1) is 12.7 Å². The molecule has 3 aromatic rings. The molecule has 1 unspecified atom stereocenters. The van der Waals surface area contributed by atoms with E-state index in [1.54, 1.807) is 7.11 Å². The number of para-hydroxylation sites is 1.